The Morgan fingerprint density at radius 3 is 1.29 bits per heavy atom. The molecule has 3 atom stereocenters. The molecule has 1 amide bonds. The number of rotatable bonds is 48. The molecule has 0 saturated carbocycles. The Morgan fingerprint density at radius 2 is 0.871 bits per heavy atom. The fourth-order valence-electron chi connectivity index (χ4n) is 8.13. The number of amides is 1. The molecule has 0 radical (unpaired) electrons. The van der Waals surface area contributed by atoms with Crippen molar-refractivity contribution in [3.8, 4) is 0 Å². The van der Waals surface area contributed by atoms with Crippen LogP contribution in [-0.4, -0.2) is 46.9 Å². The summed E-state index contributed by atoms with van der Waals surface area (Å²) in [6.45, 7) is 6.37. The first kappa shape index (κ1) is 59.8. The van der Waals surface area contributed by atoms with Crippen LogP contribution in [-0.2, 0) is 14.3 Å². The number of hydrogen-bond donors (Lipinski definition) is 3. The van der Waals surface area contributed by atoms with Gasteiger partial charge in [-0.25, -0.2) is 0 Å². The van der Waals surface area contributed by atoms with Gasteiger partial charge in [-0.2, -0.15) is 0 Å². The molecular weight excluding hydrogens is 767 g/mol. The number of carbonyl (C=O) groups is 2. The third kappa shape index (κ3) is 44.4. The van der Waals surface area contributed by atoms with Crippen LogP contribution >= 0.6 is 0 Å². The molecule has 0 aliphatic rings. The molecule has 0 aromatic rings. The van der Waals surface area contributed by atoms with Crippen LogP contribution in [0.15, 0.2) is 48.6 Å². The van der Waals surface area contributed by atoms with E-state index in [2.05, 4.69) is 74.7 Å². The average molecular weight is 870 g/mol. The molecule has 362 valence electrons. The number of nitrogens with one attached hydrogen (secondary N) is 1. The highest BCUT2D eigenvalue weighted by Gasteiger charge is 2.24. The Balaban J connectivity index is 4.59. The predicted molar refractivity (Wildman–Crippen MR) is 269 cm³/mol. The molecule has 0 aromatic heterocycles. The Morgan fingerprint density at radius 1 is 0.484 bits per heavy atom. The van der Waals surface area contributed by atoms with Crippen LogP contribution in [0.2, 0.25) is 0 Å². The number of esters is 1. The number of unbranched alkanes of at least 4 members (excludes halogenated alkanes) is 28. The first-order chi connectivity index (χ1) is 30.5. The van der Waals surface area contributed by atoms with Crippen LogP contribution in [0.4, 0.5) is 0 Å². The van der Waals surface area contributed by atoms with Crippen molar-refractivity contribution in [1.29, 1.82) is 0 Å². The summed E-state index contributed by atoms with van der Waals surface area (Å²) in [5, 5.41) is 23.8. The molecule has 6 nitrogen and oxygen atoms in total. The lowest BCUT2D eigenvalue weighted by Gasteiger charge is -2.24. The molecule has 6 heteroatoms. The van der Waals surface area contributed by atoms with Gasteiger partial charge in [0.2, 0.25) is 5.91 Å². The Bertz CT molecular complexity index is 1070. The summed E-state index contributed by atoms with van der Waals surface area (Å²) in [6.07, 6.45) is 60.3. The Hall–Kier alpha value is -2.18. The van der Waals surface area contributed by atoms with Gasteiger partial charge < -0.3 is 20.3 Å². The van der Waals surface area contributed by atoms with Crippen LogP contribution in [0.25, 0.3) is 0 Å². The van der Waals surface area contributed by atoms with Crippen LogP contribution < -0.4 is 5.32 Å². The van der Waals surface area contributed by atoms with E-state index in [-0.39, 0.29) is 24.9 Å². The van der Waals surface area contributed by atoms with E-state index in [1.165, 1.54) is 148 Å². The quantitative estimate of drug-likeness (QED) is 0.0322. The van der Waals surface area contributed by atoms with Gasteiger partial charge in [0.15, 0.2) is 0 Å². The third-order valence-corrected chi connectivity index (χ3v) is 12.2. The van der Waals surface area contributed by atoms with E-state index in [9.17, 15) is 19.8 Å². The molecule has 62 heavy (non-hydrogen) atoms. The smallest absolute Gasteiger partial charge is 0.306 e. The first-order valence-electron chi connectivity index (χ1n) is 26.9. The van der Waals surface area contributed by atoms with E-state index in [0.717, 1.165) is 77.0 Å². The average Bonchev–Trinajstić information content (AvgIpc) is 3.26. The van der Waals surface area contributed by atoms with Gasteiger partial charge in [-0.1, -0.05) is 249 Å². The summed E-state index contributed by atoms with van der Waals surface area (Å²) in [5.74, 6) is -0.519. The normalized spacial score (nSPS) is 13.6. The molecule has 0 fully saturated rings. The topological polar surface area (TPSA) is 95.9 Å². The second-order valence-electron chi connectivity index (χ2n) is 18.3. The van der Waals surface area contributed by atoms with Gasteiger partial charge in [0, 0.05) is 6.42 Å². The zero-order chi connectivity index (χ0) is 45.2. The van der Waals surface area contributed by atoms with E-state index in [1.807, 2.05) is 0 Å². The molecule has 0 aliphatic carbocycles. The minimum atomic E-state index is -0.801. The molecule has 0 aromatic carbocycles. The maximum atomic E-state index is 13.2. The van der Waals surface area contributed by atoms with Crippen LogP contribution in [0.1, 0.15) is 271 Å². The minimum Gasteiger partial charge on any atom is -0.462 e. The molecule has 0 saturated heterocycles. The summed E-state index contributed by atoms with van der Waals surface area (Å²) < 4.78 is 5.91. The first-order valence-corrected chi connectivity index (χ1v) is 26.9. The van der Waals surface area contributed by atoms with Gasteiger partial charge in [-0.3, -0.25) is 9.59 Å². The summed E-state index contributed by atoms with van der Waals surface area (Å²) in [6, 6.07) is -0.717. The number of aliphatic hydroxyl groups excluding tert-OH is 2. The van der Waals surface area contributed by atoms with Crippen molar-refractivity contribution >= 4 is 11.9 Å². The number of ether oxygens (including phenoxy) is 1. The standard InChI is InChI=1S/C56H103NO5/c1-4-7-10-13-16-19-22-25-27-28-31-33-36-39-42-45-48-54(59)53(51-58)57-55(60)50-52(47-44-41-38-35-32-30-26-23-20-17-14-11-8-5-2)62-56(61)49-46-43-40-37-34-29-24-21-18-15-12-9-6-3/h8,11,17,20,26,30,35,38,52-54,58-59H,4-7,9-10,12-16,18-19,21-25,27-29,31-34,36-37,39-51H2,1-3H3,(H,57,60)/b11-8+,20-17+,30-26+,38-35+. The van der Waals surface area contributed by atoms with Crippen LogP contribution in [0.3, 0.4) is 0 Å². The van der Waals surface area contributed by atoms with Crippen molar-refractivity contribution in [3.63, 3.8) is 0 Å². The third-order valence-electron chi connectivity index (χ3n) is 12.2. The van der Waals surface area contributed by atoms with Crippen molar-refractivity contribution < 1.29 is 24.5 Å². The van der Waals surface area contributed by atoms with Gasteiger partial charge in [0.1, 0.15) is 6.10 Å². The Kier molecular flexibility index (Phi) is 48.1. The van der Waals surface area contributed by atoms with E-state index >= 15 is 0 Å². The van der Waals surface area contributed by atoms with Crippen LogP contribution in [0, 0.1) is 0 Å². The highest BCUT2D eigenvalue weighted by molar-refractivity contribution is 5.77. The second kappa shape index (κ2) is 49.8. The highest BCUT2D eigenvalue weighted by atomic mass is 16.5. The summed E-state index contributed by atoms with van der Waals surface area (Å²) >= 11 is 0. The summed E-state index contributed by atoms with van der Waals surface area (Å²) in [5.41, 5.74) is 0. The lowest BCUT2D eigenvalue weighted by molar-refractivity contribution is -0.151. The highest BCUT2D eigenvalue weighted by Crippen LogP contribution is 2.18. The second-order valence-corrected chi connectivity index (χ2v) is 18.3. The van der Waals surface area contributed by atoms with Crippen molar-refractivity contribution in [2.75, 3.05) is 6.61 Å². The van der Waals surface area contributed by atoms with E-state index in [4.69, 9.17) is 4.74 Å². The fraction of sp³-hybridized carbons (Fsp3) is 0.821. The number of aliphatic hydroxyl groups is 2. The molecule has 0 aliphatic heterocycles. The van der Waals surface area contributed by atoms with E-state index in [0.29, 0.717) is 19.3 Å². The van der Waals surface area contributed by atoms with Crippen molar-refractivity contribution in [1.82, 2.24) is 5.32 Å². The molecule has 0 rings (SSSR count). The number of hydrogen-bond acceptors (Lipinski definition) is 5. The van der Waals surface area contributed by atoms with Crippen LogP contribution in [0.5, 0.6) is 0 Å². The molecule has 0 spiro atoms. The molecule has 3 unspecified atom stereocenters. The monoisotopic (exact) mass is 870 g/mol. The largest absolute Gasteiger partial charge is 0.462 e. The number of allylic oxidation sites excluding steroid dienone is 8. The Labute approximate surface area is 385 Å². The van der Waals surface area contributed by atoms with Crippen molar-refractivity contribution in [3.05, 3.63) is 48.6 Å². The summed E-state index contributed by atoms with van der Waals surface area (Å²) in [4.78, 5) is 26.1. The van der Waals surface area contributed by atoms with E-state index < -0.39 is 18.2 Å². The summed E-state index contributed by atoms with van der Waals surface area (Å²) in [7, 11) is 0. The van der Waals surface area contributed by atoms with Gasteiger partial charge >= 0.3 is 5.97 Å². The molecule has 0 bridgehead atoms. The van der Waals surface area contributed by atoms with Gasteiger partial charge in [-0.15, -0.1) is 0 Å². The maximum absolute atomic E-state index is 13.2. The van der Waals surface area contributed by atoms with Gasteiger partial charge in [0.25, 0.3) is 0 Å². The van der Waals surface area contributed by atoms with Gasteiger partial charge in [0.05, 0.1) is 25.2 Å². The lowest BCUT2D eigenvalue weighted by atomic mass is 10.0. The van der Waals surface area contributed by atoms with E-state index in [1.54, 1.807) is 0 Å². The zero-order valence-electron chi connectivity index (χ0n) is 41.3. The van der Waals surface area contributed by atoms with Crippen molar-refractivity contribution in [2.45, 2.75) is 289 Å². The maximum Gasteiger partial charge on any atom is 0.306 e. The predicted octanol–water partition coefficient (Wildman–Crippen LogP) is 16.2. The lowest BCUT2D eigenvalue weighted by Crippen LogP contribution is -2.46. The zero-order valence-corrected chi connectivity index (χ0v) is 41.3. The van der Waals surface area contributed by atoms with Crippen molar-refractivity contribution in [2.24, 2.45) is 0 Å². The molecule has 3 N–H and O–H groups in total. The minimum absolute atomic E-state index is 0.0425. The van der Waals surface area contributed by atoms with Gasteiger partial charge in [-0.05, 0) is 57.8 Å². The SMILES string of the molecule is CC/C=C/C/C=C/C/C=C/C/C=C/CCCC(CC(=O)NC(CO)C(O)CCCCCCCCCCCCCCCCCC)OC(=O)CCCCCCCCCCCCCCC. The molecular formula is C56H103NO5. The number of carbonyl (C=O) groups excluding carboxylic acids is 2. The molecule has 0 heterocycles. The fourth-order valence-corrected chi connectivity index (χ4v) is 8.13.